The van der Waals surface area contributed by atoms with Crippen molar-refractivity contribution < 1.29 is 4.79 Å². The fraction of sp³-hybridized carbons (Fsp3) is 0.333. The number of ketones is 1. The summed E-state index contributed by atoms with van der Waals surface area (Å²) in [7, 11) is 0. The average Bonchev–Trinajstić information content (AvgIpc) is 2.19. The maximum absolute atomic E-state index is 11.6. The van der Waals surface area contributed by atoms with Crippen molar-refractivity contribution in [2.45, 2.75) is 25.7 Å². The molecule has 1 nitrogen and oxygen atoms in total. The van der Waals surface area contributed by atoms with E-state index in [1.54, 1.807) is 0 Å². The smallest absolute Gasteiger partial charge is 0.162 e. The molecule has 1 rings (SSSR count). The van der Waals surface area contributed by atoms with Gasteiger partial charge in [-0.25, -0.2) is 0 Å². The van der Waals surface area contributed by atoms with Gasteiger partial charge >= 0.3 is 0 Å². The molecule has 0 aliphatic rings. The van der Waals surface area contributed by atoms with Crippen molar-refractivity contribution in [3.63, 3.8) is 0 Å². The van der Waals surface area contributed by atoms with Gasteiger partial charge < -0.3 is 0 Å². The van der Waals surface area contributed by atoms with Gasteiger partial charge in [-0.15, -0.1) is 0 Å². The Morgan fingerprint density at radius 3 is 2.43 bits per heavy atom. The summed E-state index contributed by atoms with van der Waals surface area (Å²) < 4.78 is 1.16. The lowest BCUT2D eigenvalue weighted by atomic mass is 10.1. The van der Waals surface area contributed by atoms with E-state index < -0.39 is 0 Å². The van der Waals surface area contributed by atoms with Crippen LogP contribution in [0.2, 0.25) is 0 Å². The first-order valence-electron chi connectivity index (χ1n) is 4.82. The van der Waals surface area contributed by atoms with Crippen molar-refractivity contribution in [3.8, 4) is 0 Å². The Balaban J connectivity index is 2.48. The number of rotatable bonds is 5. The molecule has 2 heteroatoms. The second-order valence-corrected chi connectivity index (χ2v) is 4.49. The molecule has 0 heterocycles. The molecule has 1 aromatic carbocycles. The Labute approximate surface area is 99.0 Å². The molecule has 0 unspecified atom stereocenters. The molecule has 0 fully saturated rings. The average molecular weight is 301 g/mol. The van der Waals surface area contributed by atoms with Crippen LogP contribution in [-0.4, -0.2) is 5.78 Å². The Hall–Kier alpha value is -0.380. The van der Waals surface area contributed by atoms with Crippen molar-refractivity contribution >= 4 is 28.4 Å². The second kappa shape index (κ2) is 6.17. The lowest BCUT2D eigenvalue weighted by molar-refractivity contribution is 0.0979. The first-order chi connectivity index (χ1) is 6.74. The maximum atomic E-state index is 11.6. The summed E-state index contributed by atoms with van der Waals surface area (Å²) in [5.41, 5.74) is 0.828. The molecule has 0 bridgehead atoms. The number of hydrogen-bond acceptors (Lipinski definition) is 1. The third-order valence-electron chi connectivity index (χ3n) is 2.07. The van der Waals surface area contributed by atoms with E-state index in [-0.39, 0.29) is 5.78 Å². The highest BCUT2D eigenvalue weighted by molar-refractivity contribution is 14.1. The number of halogens is 1. The lowest BCUT2D eigenvalue weighted by Gasteiger charge is -2.00. The van der Waals surface area contributed by atoms with E-state index in [9.17, 15) is 4.79 Å². The van der Waals surface area contributed by atoms with Crippen LogP contribution in [0.25, 0.3) is 0 Å². The molecule has 0 aliphatic carbocycles. The van der Waals surface area contributed by atoms with Crippen LogP contribution in [0.1, 0.15) is 36.0 Å². The minimum atomic E-state index is 0.245. The Kier molecular flexibility index (Phi) is 5.15. The van der Waals surface area contributed by atoms with E-state index in [1.807, 2.05) is 24.3 Å². The number of hydrogen-bond donors (Lipinski definition) is 0. The van der Waals surface area contributed by atoms with Crippen LogP contribution in [0.4, 0.5) is 0 Å². The van der Waals surface area contributed by atoms with Gasteiger partial charge in [0.2, 0.25) is 0 Å². The molecule has 0 saturated heterocycles. The van der Waals surface area contributed by atoms with Crippen molar-refractivity contribution in [3.05, 3.63) is 40.3 Å². The van der Waals surface area contributed by atoms with Gasteiger partial charge in [-0.05, 0) is 41.1 Å². The largest absolute Gasteiger partial charge is 0.294 e. The van der Waals surface area contributed by atoms with E-state index in [0.29, 0.717) is 6.42 Å². The molecule has 0 atom stereocenters. The standard InChI is InChI=1S/C12H14IO/c1-2-3-4-5-12(14)10-6-8-11(13)9-7-10/h6-9H,1-5H2. The topological polar surface area (TPSA) is 17.1 Å². The van der Waals surface area contributed by atoms with Crippen molar-refractivity contribution in [2.24, 2.45) is 0 Å². The number of benzene rings is 1. The third-order valence-corrected chi connectivity index (χ3v) is 2.79. The number of carbonyl (C=O) groups is 1. The zero-order valence-electron chi connectivity index (χ0n) is 8.13. The van der Waals surface area contributed by atoms with Crippen LogP contribution in [0.3, 0.4) is 0 Å². The minimum Gasteiger partial charge on any atom is -0.294 e. The molecule has 75 valence electrons. The summed E-state index contributed by atoms with van der Waals surface area (Å²) >= 11 is 2.24. The molecule has 0 spiro atoms. The number of carbonyl (C=O) groups excluding carboxylic acids is 1. The molecule has 14 heavy (non-hydrogen) atoms. The van der Waals surface area contributed by atoms with Gasteiger partial charge in [0.25, 0.3) is 0 Å². The molecule has 0 saturated carbocycles. The van der Waals surface area contributed by atoms with Crippen molar-refractivity contribution in [2.75, 3.05) is 0 Å². The normalized spacial score (nSPS) is 10.1. The van der Waals surface area contributed by atoms with E-state index in [2.05, 4.69) is 29.5 Å². The zero-order valence-corrected chi connectivity index (χ0v) is 10.3. The van der Waals surface area contributed by atoms with Crippen LogP contribution in [0.15, 0.2) is 24.3 Å². The summed E-state index contributed by atoms with van der Waals surface area (Å²) in [5, 5.41) is 0. The molecular formula is C12H14IO. The summed E-state index contributed by atoms with van der Waals surface area (Å²) in [5.74, 6) is 0.245. The predicted octanol–water partition coefficient (Wildman–Crippen LogP) is 3.87. The van der Waals surface area contributed by atoms with Crippen molar-refractivity contribution in [1.82, 2.24) is 0 Å². The highest BCUT2D eigenvalue weighted by Crippen LogP contribution is 2.10. The predicted molar refractivity (Wildman–Crippen MR) is 67.3 cm³/mol. The zero-order chi connectivity index (χ0) is 10.4. The molecule has 0 aliphatic heterocycles. The summed E-state index contributed by atoms with van der Waals surface area (Å²) in [6, 6.07) is 7.73. The molecule has 1 radical (unpaired) electrons. The van der Waals surface area contributed by atoms with Gasteiger partial charge in [-0.3, -0.25) is 4.79 Å². The Bertz CT molecular complexity index is 290. The van der Waals surface area contributed by atoms with Gasteiger partial charge in [0, 0.05) is 15.6 Å². The monoisotopic (exact) mass is 301 g/mol. The highest BCUT2D eigenvalue weighted by Gasteiger charge is 2.04. The first-order valence-corrected chi connectivity index (χ1v) is 5.90. The van der Waals surface area contributed by atoms with Crippen LogP contribution in [-0.2, 0) is 0 Å². The Morgan fingerprint density at radius 2 is 1.86 bits per heavy atom. The third kappa shape index (κ3) is 3.78. The van der Waals surface area contributed by atoms with E-state index >= 15 is 0 Å². The minimum absolute atomic E-state index is 0.245. The van der Waals surface area contributed by atoms with Gasteiger partial charge in [0.05, 0.1) is 0 Å². The fourth-order valence-corrected chi connectivity index (χ4v) is 1.60. The summed E-state index contributed by atoms with van der Waals surface area (Å²) in [6.07, 6.45) is 3.56. The molecule has 0 N–H and O–H groups in total. The highest BCUT2D eigenvalue weighted by atomic mass is 127. The van der Waals surface area contributed by atoms with Crippen LogP contribution < -0.4 is 0 Å². The quantitative estimate of drug-likeness (QED) is 0.458. The fourth-order valence-electron chi connectivity index (χ4n) is 1.24. The number of Topliss-reactive ketones (excluding diaryl/α,β-unsaturated/α-hetero) is 1. The van der Waals surface area contributed by atoms with Gasteiger partial charge in [-0.2, -0.15) is 0 Å². The van der Waals surface area contributed by atoms with Gasteiger partial charge in [0.1, 0.15) is 0 Å². The number of unbranched alkanes of at least 4 members (excludes halogenated alkanes) is 2. The summed E-state index contributed by atoms with van der Waals surface area (Å²) in [4.78, 5) is 11.6. The molecule has 0 amide bonds. The van der Waals surface area contributed by atoms with Gasteiger partial charge in [-0.1, -0.05) is 31.9 Å². The maximum Gasteiger partial charge on any atom is 0.162 e. The second-order valence-electron chi connectivity index (χ2n) is 3.24. The molecule has 0 aromatic heterocycles. The molecular weight excluding hydrogens is 287 g/mol. The lowest BCUT2D eigenvalue weighted by Crippen LogP contribution is -1.98. The molecule has 1 aromatic rings. The SMILES string of the molecule is [CH2]CCCCC(=O)c1ccc(I)cc1. The van der Waals surface area contributed by atoms with Crippen LogP contribution >= 0.6 is 22.6 Å². The Morgan fingerprint density at radius 1 is 1.21 bits per heavy atom. The van der Waals surface area contributed by atoms with E-state index in [0.717, 1.165) is 28.4 Å². The van der Waals surface area contributed by atoms with Gasteiger partial charge in [0.15, 0.2) is 5.78 Å². The van der Waals surface area contributed by atoms with E-state index in [1.165, 1.54) is 0 Å². The van der Waals surface area contributed by atoms with E-state index in [4.69, 9.17) is 0 Å². The summed E-state index contributed by atoms with van der Waals surface area (Å²) in [6.45, 7) is 3.75. The van der Waals surface area contributed by atoms with Crippen molar-refractivity contribution in [1.29, 1.82) is 0 Å². The van der Waals surface area contributed by atoms with Crippen LogP contribution in [0, 0.1) is 10.5 Å². The first kappa shape index (κ1) is 11.7. The van der Waals surface area contributed by atoms with Crippen LogP contribution in [0.5, 0.6) is 0 Å².